The van der Waals surface area contributed by atoms with Crippen molar-refractivity contribution in [2.24, 2.45) is 5.73 Å². The molecule has 0 radical (unpaired) electrons. The van der Waals surface area contributed by atoms with Crippen LogP contribution in [0.15, 0.2) is 87.3 Å². The predicted octanol–water partition coefficient (Wildman–Crippen LogP) is 5.60. The van der Waals surface area contributed by atoms with Crippen LogP contribution < -0.4 is 21.4 Å². The van der Waals surface area contributed by atoms with Crippen molar-refractivity contribution in [2.45, 2.75) is 94.4 Å². The van der Waals surface area contributed by atoms with Crippen LogP contribution >= 0.6 is 0 Å². The Balaban J connectivity index is 1.40. The van der Waals surface area contributed by atoms with Crippen LogP contribution in [0.3, 0.4) is 0 Å². The van der Waals surface area contributed by atoms with Crippen LogP contribution in [0.1, 0.15) is 81.0 Å². The predicted molar refractivity (Wildman–Crippen MR) is 177 cm³/mol. The van der Waals surface area contributed by atoms with Gasteiger partial charge >= 0.3 is 11.6 Å². The van der Waals surface area contributed by atoms with Crippen LogP contribution in [-0.2, 0) is 27.8 Å². The Bertz CT molecular complexity index is 1860. The normalized spacial score (nSPS) is 27.9. The Labute approximate surface area is 269 Å². The van der Waals surface area contributed by atoms with Gasteiger partial charge in [-0.3, -0.25) is 0 Å². The number of aliphatic hydroxyl groups excluding tert-OH is 1. The van der Waals surface area contributed by atoms with Gasteiger partial charge in [0, 0.05) is 53.7 Å². The molecule has 8 nitrogen and oxygen atoms in total. The maximum Gasteiger partial charge on any atom is 0.340 e. The van der Waals surface area contributed by atoms with E-state index >= 15 is 0 Å². The zero-order chi connectivity index (χ0) is 32.3. The topological polar surface area (TPSA) is 124 Å². The van der Waals surface area contributed by atoms with Gasteiger partial charge in [-0.05, 0) is 80.5 Å². The number of fused-ring (bicyclic) bond motifs is 3. The van der Waals surface area contributed by atoms with Crippen molar-refractivity contribution in [1.29, 1.82) is 0 Å². The molecule has 7 rings (SSSR count). The van der Waals surface area contributed by atoms with Crippen molar-refractivity contribution >= 4 is 16.9 Å². The largest absolute Gasteiger partial charge is 0.481 e. The summed E-state index contributed by atoms with van der Waals surface area (Å²) in [5, 5.41) is 14.0. The van der Waals surface area contributed by atoms with Gasteiger partial charge in [0.1, 0.15) is 11.3 Å². The SMILES string of the molecule is C/C=C(\C)C(=O)O[C@@]1(C)Cc2ccccc2[C@H](C2=CNC(N)C=C2)[C@]12Cc1cc3cc(C4(CCO)CCCC4)c(=O)oc3cc1O2. The van der Waals surface area contributed by atoms with Crippen molar-refractivity contribution in [3.05, 3.63) is 111 Å². The third-order valence-electron chi connectivity index (χ3n) is 11.0. The van der Waals surface area contributed by atoms with E-state index in [1.165, 1.54) is 0 Å². The Morgan fingerprint density at radius 2 is 1.93 bits per heavy atom. The molecule has 8 heteroatoms. The number of nitrogens with two attached hydrogens (primary N) is 1. The lowest BCUT2D eigenvalue weighted by molar-refractivity contribution is -0.184. The standard InChI is InChI=1S/C38H42N2O6/c1-4-23(2)34(42)46-36(3)20-24-9-5-6-10-28(24)33(25-11-12-32(39)40-22-25)38(36)21-27-17-26-18-29(37(15-16-41)13-7-8-14-37)35(43)44-30(26)19-31(27)45-38/h4-6,9-12,17-19,22,32-33,40-41H,7-8,13-16,20-21,39H2,1-3H3/b23-4+/t32?,33-,36-,38+/m0/s1. The summed E-state index contributed by atoms with van der Waals surface area (Å²) in [6.07, 6.45) is 12.6. The number of nitrogens with one attached hydrogen (secondary N) is 1. The van der Waals surface area contributed by atoms with Crippen LogP contribution in [0.2, 0.25) is 0 Å². The minimum Gasteiger partial charge on any atom is -0.481 e. The van der Waals surface area contributed by atoms with E-state index in [9.17, 15) is 14.7 Å². The fraction of sp³-hybridized carbons (Fsp3) is 0.421. The van der Waals surface area contributed by atoms with E-state index in [1.54, 1.807) is 13.0 Å². The van der Waals surface area contributed by atoms with Crippen molar-refractivity contribution in [3.8, 4) is 5.75 Å². The molecule has 0 amide bonds. The third-order valence-corrected chi connectivity index (χ3v) is 11.0. The molecule has 3 aromatic rings. The monoisotopic (exact) mass is 622 g/mol. The van der Waals surface area contributed by atoms with Crippen molar-refractivity contribution in [1.82, 2.24) is 5.32 Å². The van der Waals surface area contributed by atoms with Crippen LogP contribution in [0, 0.1) is 0 Å². The minimum absolute atomic E-state index is 0.0228. The molecule has 2 aromatic carbocycles. The molecule has 3 heterocycles. The van der Waals surface area contributed by atoms with E-state index in [0.717, 1.165) is 53.3 Å². The molecule has 0 saturated heterocycles. The molecule has 2 aliphatic heterocycles. The number of esters is 1. The Kier molecular flexibility index (Phi) is 7.48. The van der Waals surface area contributed by atoms with E-state index < -0.39 is 11.2 Å². The summed E-state index contributed by atoms with van der Waals surface area (Å²) in [6, 6.07) is 14.1. The first kappa shape index (κ1) is 30.5. The van der Waals surface area contributed by atoms with Gasteiger partial charge in [0.25, 0.3) is 0 Å². The molecule has 0 bridgehead atoms. The number of hydrogen-bond donors (Lipinski definition) is 3. The average molecular weight is 623 g/mol. The maximum absolute atomic E-state index is 13.5. The van der Waals surface area contributed by atoms with Gasteiger partial charge in [0.15, 0.2) is 11.2 Å². The number of dihydropyridines is 1. The Morgan fingerprint density at radius 3 is 2.65 bits per heavy atom. The number of hydrogen-bond acceptors (Lipinski definition) is 8. The second kappa shape index (κ2) is 11.3. The molecule has 1 spiro atoms. The van der Waals surface area contributed by atoms with E-state index in [-0.39, 0.29) is 35.7 Å². The molecular weight excluding hydrogens is 580 g/mol. The summed E-state index contributed by atoms with van der Waals surface area (Å²) in [7, 11) is 0. The average Bonchev–Trinajstić information content (AvgIpc) is 3.66. The molecular formula is C38H42N2O6. The maximum atomic E-state index is 13.5. The number of aliphatic hydroxyl groups is 1. The first-order valence-electron chi connectivity index (χ1n) is 16.4. The van der Waals surface area contributed by atoms with Crippen LogP contribution in [0.25, 0.3) is 11.0 Å². The lowest BCUT2D eigenvalue weighted by Gasteiger charge is -2.53. The lowest BCUT2D eigenvalue weighted by Crippen LogP contribution is -2.65. The summed E-state index contributed by atoms with van der Waals surface area (Å²) in [4.78, 5) is 27.0. The number of rotatable bonds is 6. The molecule has 240 valence electrons. The Morgan fingerprint density at radius 1 is 1.15 bits per heavy atom. The molecule has 4 atom stereocenters. The summed E-state index contributed by atoms with van der Waals surface area (Å²) in [5.41, 5.74) is 9.04. The highest BCUT2D eigenvalue weighted by atomic mass is 16.6. The zero-order valence-electron chi connectivity index (χ0n) is 26.7. The lowest BCUT2D eigenvalue weighted by atomic mass is 9.59. The molecule has 1 saturated carbocycles. The number of ether oxygens (including phenoxy) is 2. The van der Waals surface area contributed by atoms with Gasteiger partial charge in [-0.25, -0.2) is 9.59 Å². The first-order valence-corrected chi connectivity index (χ1v) is 16.4. The van der Waals surface area contributed by atoms with Gasteiger partial charge in [0.2, 0.25) is 0 Å². The molecule has 4 N–H and O–H groups in total. The number of carbonyl (C=O) groups excluding carboxylic acids is 1. The summed E-state index contributed by atoms with van der Waals surface area (Å²) in [5.74, 6) is -0.0995. The highest BCUT2D eigenvalue weighted by Crippen LogP contribution is 2.58. The summed E-state index contributed by atoms with van der Waals surface area (Å²) in [6.45, 7) is 5.58. The fourth-order valence-corrected chi connectivity index (χ4v) is 8.40. The minimum atomic E-state index is -1.08. The van der Waals surface area contributed by atoms with E-state index in [1.807, 2.05) is 56.5 Å². The molecule has 1 fully saturated rings. The van der Waals surface area contributed by atoms with Gasteiger partial charge < -0.3 is 30.0 Å². The van der Waals surface area contributed by atoms with E-state index in [4.69, 9.17) is 19.6 Å². The third kappa shape index (κ3) is 4.73. The van der Waals surface area contributed by atoms with Gasteiger partial charge in [-0.15, -0.1) is 0 Å². The quantitative estimate of drug-likeness (QED) is 0.185. The van der Waals surface area contributed by atoms with Gasteiger partial charge in [0.05, 0.1) is 12.1 Å². The van der Waals surface area contributed by atoms with Crippen molar-refractivity contribution in [2.75, 3.05) is 6.61 Å². The second-order valence-electron chi connectivity index (χ2n) is 13.7. The number of carbonyl (C=O) groups is 1. The van der Waals surface area contributed by atoms with E-state index in [0.29, 0.717) is 41.7 Å². The smallest absolute Gasteiger partial charge is 0.340 e. The van der Waals surface area contributed by atoms with Crippen LogP contribution in [0.5, 0.6) is 5.75 Å². The van der Waals surface area contributed by atoms with E-state index in [2.05, 4.69) is 23.5 Å². The first-order chi connectivity index (χ1) is 22.1. The highest BCUT2D eigenvalue weighted by molar-refractivity contribution is 5.88. The van der Waals surface area contributed by atoms with Gasteiger partial charge in [-0.1, -0.05) is 49.3 Å². The zero-order valence-corrected chi connectivity index (χ0v) is 26.7. The summed E-state index contributed by atoms with van der Waals surface area (Å²) < 4.78 is 19.6. The fourth-order valence-electron chi connectivity index (χ4n) is 8.40. The molecule has 1 aromatic heterocycles. The van der Waals surface area contributed by atoms with Crippen LogP contribution in [0.4, 0.5) is 0 Å². The highest BCUT2D eigenvalue weighted by Gasteiger charge is 2.64. The number of allylic oxidation sites excluding steroid dienone is 2. The van der Waals surface area contributed by atoms with Crippen molar-refractivity contribution < 1.29 is 23.8 Å². The summed E-state index contributed by atoms with van der Waals surface area (Å²) >= 11 is 0. The number of benzene rings is 2. The molecule has 1 unspecified atom stereocenters. The molecule has 2 aliphatic carbocycles. The molecule has 46 heavy (non-hydrogen) atoms. The van der Waals surface area contributed by atoms with Crippen molar-refractivity contribution in [3.63, 3.8) is 0 Å². The van der Waals surface area contributed by atoms with Gasteiger partial charge in [-0.2, -0.15) is 0 Å². The van der Waals surface area contributed by atoms with Crippen LogP contribution in [-0.4, -0.2) is 35.1 Å². The molecule has 4 aliphatic rings. The Hall–Kier alpha value is -4.14. The second-order valence-corrected chi connectivity index (χ2v) is 13.7.